The van der Waals surface area contributed by atoms with Gasteiger partial charge in [0.1, 0.15) is 5.75 Å². The number of likely N-dealkylation sites (tertiary alicyclic amines) is 1. The predicted molar refractivity (Wildman–Crippen MR) is 153 cm³/mol. The minimum Gasteiger partial charge on any atom is -0.507 e. The average molecular weight is 504 g/mol. The summed E-state index contributed by atoms with van der Waals surface area (Å²) < 4.78 is 15.7. The number of aromatic hydroxyl groups is 1. The van der Waals surface area contributed by atoms with Gasteiger partial charge in [0.05, 0.1) is 5.78 Å². The molecule has 1 aliphatic rings. The maximum absolute atomic E-state index is 15.7. The molecule has 0 saturated carbocycles. The van der Waals surface area contributed by atoms with Crippen molar-refractivity contribution in [3.8, 4) is 5.75 Å². The van der Waals surface area contributed by atoms with E-state index in [2.05, 4.69) is 58.6 Å². The summed E-state index contributed by atoms with van der Waals surface area (Å²) in [7, 11) is -3.14. The molecule has 1 heterocycles. The molecule has 1 fully saturated rings. The van der Waals surface area contributed by atoms with Crippen LogP contribution in [0, 0.1) is 0 Å². The normalized spacial score (nSPS) is 16.6. The van der Waals surface area contributed by atoms with Gasteiger partial charge in [0.25, 0.3) is 0 Å². The van der Waals surface area contributed by atoms with Gasteiger partial charge in [0.2, 0.25) is 0 Å². The Labute approximate surface area is 217 Å². The molecule has 0 radical (unpaired) electrons. The Hall–Kier alpha value is -2.35. The van der Waals surface area contributed by atoms with Gasteiger partial charge in [-0.15, -0.1) is 0 Å². The fourth-order valence-corrected chi connectivity index (χ4v) is 8.85. The van der Waals surface area contributed by atoms with Crippen molar-refractivity contribution in [1.29, 1.82) is 0 Å². The van der Waals surface area contributed by atoms with E-state index in [9.17, 15) is 5.11 Å². The monoisotopic (exact) mass is 503 g/mol. The van der Waals surface area contributed by atoms with Crippen LogP contribution in [0.15, 0.2) is 72.8 Å². The zero-order chi connectivity index (χ0) is 26.1. The Kier molecular flexibility index (Phi) is 7.56. The molecule has 4 rings (SSSR count). The van der Waals surface area contributed by atoms with Crippen molar-refractivity contribution >= 4 is 17.8 Å². The van der Waals surface area contributed by atoms with Gasteiger partial charge in [-0.05, 0) is 65.6 Å². The maximum atomic E-state index is 15.7. The Morgan fingerprint density at radius 2 is 1.14 bits per heavy atom. The van der Waals surface area contributed by atoms with E-state index in [-0.39, 0.29) is 16.6 Å². The van der Waals surface area contributed by atoms with Crippen molar-refractivity contribution in [2.45, 2.75) is 77.4 Å². The lowest BCUT2D eigenvalue weighted by molar-refractivity contribution is 0.208. The van der Waals surface area contributed by atoms with Crippen molar-refractivity contribution in [3.05, 3.63) is 89.5 Å². The van der Waals surface area contributed by atoms with Crippen LogP contribution in [0.2, 0.25) is 0 Å². The van der Waals surface area contributed by atoms with Crippen LogP contribution < -0.4 is 10.6 Å². The molecular weight excluding hydrogens is 461 g/mol. The molecule has 0 spiro atoms. The first-order valence-corrected chi connectivity index (χ1v) is 15.0. The predicted octanol–water partition coefficient (Wildman–Crippen LogP) is 7.49. The van der Waals surface area contributed by atoms with E-state index >= 15 is 4.57 Å². The summed E-state index contributed by atoms with van der Waals surface area (Å²) in [5.74, 6) is 0.0656. The lowest BCUT2D eigenvalue weighted by Gasteiger charge is -2.41. The molecule has 0 bridgehead atoms. The molecule has 3 aromatic carbocycles. The Morgan fingerprint density at radius 3 is 1.53 bits per heavy atom. The molecule has 0 amide bonds. The van der Waals surface area contributed by atoms with Gasteiger partial charge < -0.3 is 9.67 Å². The number of phenolic OH excluding ortho intramolecular Hbond substituents is 1. The number of phenols is 1. The highest BCUT2D eigenvalue weighted by Crippen LogP contribution is 2.60. The number of benzene rings is 3. The molecule has 0 unspecified atom stereocenters. The first-order chi connectivity index (χ1) is 16.9. The third-order valence-corrected chi connectivity index (χ3v) is 10.9. The molecule has 0 aliphatic carbocycles. The van der Waals surface area contributed by atoms with Gasteiger partial charge in [-0.2, -0.15) is 0 Å². The number of hydrogen-bond donors (Lipinski definition) is 1. The van der Waals surface area contributed by atoms with Crippen molar-refractivity contribution in [1.82, 2.24) is 4.90 Å². The lowest BCUT2D eigenvalue weighted by Crippen LogP contribution is -2.38. The summed E-state index contributed by atoms with van der Waals surface area (Å²) >= 11 is 0. The summed E-state index contributed by atoms with van der Waals surface area (Å²) in [6.45, 7) is 14.7. The Morgan fingerprint density at radius 1 is 0.722 bits per heavy atom. The van der Waals surface area contributed by atoms with Gasteiger partial charge in [-0.3, -0.25) is 4.90 Å². The van der Waals surface area contributed by atoms with E-state index in [1.54, 1.807) is 0 Å². The molecule has 3 nitrogen and oxygen atoms in total. The van der Waals surface area contributed by atoms with Crippen molar-refractivity contribution in [2.75, 3.05) is 13.1 Å². The highest BCUT2D eigenvalue weighted by molar-refractivity contribution is 7.78. The standard InChI is InChI=1S/C32H42NO2P/c1-31(2,3)27-22-24(23-28(29(27)34)32(4,5)6)30(33-20-14-9-15-21-33)36(35,25-16-10-7-11-17-25)26-18-12-8-13-19-26/h7-8,10-13,16-19,22-23,30,34H,9,14-15,20-21H2,1-6H3/t30-/m0/s1. The molecule has 4 heteroatoms. The minimum absolute atomic E-state index is 0.254. The van der Waals surface area contributed by atoms with Gasteiger partial charge in [0, 0.05) is 10.6 Å². The largest absolute Gasteiger partial charge is 0.507 e. The quantitative estimate of drug-likeness (QED) is 0.367. The first-order valence-electron chi connectivity index (χ1n) is 13.3. The zero-order valence-corrected chi connectivity index (χ0v) is 23.7. The maximum Gasteiger partial charge on any atom is 0.163 e. The minimum atomic E-state index is -3.14. The second-order valence-corrected chi connectivity index (χ2v) is 15.1. The van der Waals surface area contributed by atoms with Crippen LogP contribution >= 0.6 is 7.14 Å². The third kappa shape index (κ3) is 5.20. The molecular formula is C32H42NO2P. The summed E-state index contributed by atoms with van der Waals surface area (Å²) in [5.41, 5.74) is 2.37. The molecule has 0 aromatic heterocycles. The topological polar surface area (TPSA) is 40.5 Å². The van der Waals surface area contributed by atoms with Gasteiger partial charge in [-0.25, -0.2) is 0 Å². The highest BCUT2D eigenvalue weighted by atomic mass is 31.2. The van der Waals surface area contributed by atoms with Crippen LogP contribution in [-0.4, -0.2) is 23.1 Å². The Balaban J connectivity index is 2.07. The number of rotatable bonds is 5. The van der Waals surface area contributed by atoms with E-state index in [4.69, 9.17) is 0 Å². The van der Waals surface area contributed by atoms with Crippen LogP contribution in [0.4, 0.5) is 0 Å². The van der Waals surface area contributed by atoms with Crippen LogP contribution in [0.25, 0.3) is 0 Å². The molecule has 192 valence electrons. The van der Waals surface area contributed by atoms with Crippen molar-refractivity contribution in [3.63, 3.8) is 0 Å². The Bertz CT molecular complexity index is 1140. The summed E-state index contributed by atoms with van der Waals surface area (Å²) in [5, 5.41) is 13.2. The molecule has 1 aliphatic heterocycles. The van der Waals surface area contributed by atoms with Crippen molar-refractivity contribution < 1.29 is 9.67 Å². The lowest BCUT2D eigenvalue weighted by atomic mass is 9.78. The van der Waals surface area contributed by atoms with Gasteiger partial charge in [-0.1, -0.05) is 109 Å². The number of piperidine rings is 1. The SMILES string of the molecule is CC(C)(C)c1cc([C@@H](N2CCCCC2)P(=O)(c2ccccc2)c2ccccc2)cc(C(C)(C)C)c1O. The summed E-state index contributed by atoms with van der Waals surface area (Å²) in [6, 6.07) is 24.4. The van der Waals surface area contributed by atoms with Crippen molar-refractivity contribution in [2.24, 2.45) is 0 Å². The zero-order valence-electron chi connectivity index (χ0n) is 22.8. The van der Waals surface area contributed by atoms with E-state index < -0.39 is 7.14 Å². The van der Waals surface area contributed by atoms with Crippen LogP contribution in [-0.2, 0) is 15.4 Å². The fraction of sp³-hybridized carbons (Fsp3) is 0.438. The van der Waals surface area contributed by atoms with E-state index in [0.717, 1.165) is 53.2 Å². The number of nitrogens with zero attached hydrogens (tertiary/aromatic N) is 1. The molecule has 36 heavy (non-hydrogen) atoms. The second kappa shape index (κ2) is 10.2. The molecule has 1 atom stereocenters. The second-order valence-electron chi connectivity index (χ2n) is 12.3. The van der Waals surface area contributed by atoms with Crippen LogP contribution in [0.3, 0.4) is 0 Å². The molecule has 3 aromatic rings. The van der Waals surface area contributed by atoms with E-state index in [1.165, 1.54) is 6.42 Å². The van der Waals surface area contributed by atoms with Crippen LogP contribution in [0.5, 0.6) is 5.75 Å². The van der Waals surface area contributed by atoms with E-state index in [0.29, 0.717) is 5.75 Å². The fourth-order valence-electron chi connectivity index (χ4n) is 5.49. The highest BCUT2D eigenvalue weighted by Gasteiger charge is 2.43. The smallest absolute Gasteiger partial charge is 0.163 e. The summed E-state index contributed by atoms with van der Waals surface area (Å²) in [6.07, 6.45) is 3.42. The van der Waals surface area contributed by atoms with Crippen LogP contribution in [0.1, 0.15) is 83.3 Å². The molecule has 1 saturated heterocycles. The third-order valence-electron chi connectivity index (χ3n) is 7.41. The number of hydrogen-bond acceptors (Lipinski definition) is 3. The van der Waals surface area contributed by atoms with E-state index in [1.807, 2.05) is 60.7 Å². The van der Waals surface area contributed by atoms with Gasteiger partial charge >= 0.3 is 0 Å². The summed E-state index contributed by atoms with van der Waals surface area (Å²) in [4.78, 5) is 2.45. The first kappa shape index (κ1) is 26.7. The molecule has 1 N–H and O–H groups in total. The average Bonchev–Trinajstić information content (AvgIpc) is 2.85. The van der Waals surface area contributed by atoms with Gasteiger partial charge in [0.15, 0.2) is 7.14 Å².